The van der Waals surface area contributed by atoms with E-state index in [-0.39, 0.29) is 18.1 Å². The lowest BCUT2D eigenvalue weighted by Crippen LogP contribution is -2.22. The summed E-state index contributed by atoms with van der Waals surface area (Å²) in [6.07, 6.45) is 0. The van der Waals surface area contributed by atoms with Gasteiger partial charge in [-0.1, -0.05) is 29.3 Å². The van der Waals surface area contributed by atoms with Crippen LogP contribution in [0.2, 0.25) is 10.0 Å². The summed E-state index contributed by atoms with van der Waals surface area (Å²) in [6.45, 7) is 0.228. The molecular formula is C20H14Cl2N2O4. The zero-order valence-corrected chi connectivity index (χ0v) is 15.9. The molecule has 0 spiro atoms. The molecule has 0 aliphatic carbocycles. The molecule has 1 amide bonds. The molecule has 8 heteroatoms. The minimum Gasteiger partial charge on any atom is -0.457 e. The lowest BCUT2D eigenvalue weighted by molar-refractivity contribution is -0.384. The van der Waals surface area contributed by atoms with Gasteiger partial charge in [-0.25, -0.2) is 0 Å². The lowest BCUT2D eigenvalue weighted by Gasteiger charge is -2.09. The van der Waals surface area contributed by atoms with Gasteiger partial charge >= 0.3 is 0 Å². The number of nitro benzene ring substituents is 1. The van der Waals surface area contributed by atoms with Crippen molar-refractivity contribution in [1.29, 1.82) is 0 Å². The van der Waals surface area contributed by atoms with Crippen LogP contribution in [0.5, 0.6) is 11.5 Å². The van der Waals surface area contributed by atoms with Gasteiger partial charge in [0.05, 0.1) is 4.92 Å². The Kier molecular flexibility index (Phi) is 6.13. The summed E-state index contributed by atoms with van der Waals surface area (Å²) in [7, 11) is 0. The number of nitro groups is 1. The molecule has 6 nitrogen and oxygen atoms in total. The first kappa shape index (κ1) is 19.7. The first-order chi connectivity index (χ1) is 13.4. The molecule has 0 aliphatic heterocycles. The van der Waals surface area contributed by atoms with E-state index in [1.165, 1.54) is 24.3 Å². The van der Waals surface area contributed by atoms with E-state index in [1.807, 2.05) is 0 Å². The number of non-ortho nitro benzene ring substituents is 1. The van der Waals surface area contributed by atoms with Crippen molar-refractivity contribution >= 4 is 34.8 Å². The number of nitrogens with one attached hydrogen (secondary N) is 1. The fourth-order valence-corrected chi connectivity index (χ4v) is 2.81. The van der Waals surface area contributed by atoms with E-state index in [2.05, 4.69) is 5.32 Å². The SMILES string of the molecule is O=C(NCc1cc(Cl)ccc1Cl)c1cccc(Oc2ccc([N+](=O)[O-])cc2)c1. The molecule has 0 radical (unpaired) electrons. The molecule has 0 aliphatic rings. The number of carbonyl (C=O) groups is 1. The van der Waals surface area contributed by atoms with Gasteiger partial charge in [0.2, 0.25) is 0 Å². The quantitative estimate of drug-likeness (QED) is 0.417. The zero-order chi connectivity index (χ0) is 20.1. The predicted molar refractivity (Wildman–Crippen MR) is 107 cm³/mol. The summed E-state index contributed by atoms with van der Waals surface area (Å²) < 4.78 is 5.66. The lowest BCUT2D eigenvalue weighted by atomic mass is 10.2. The molecule has 0 heterocycles. The third-order valence-corrected chi connectivity index (χ3v) is 4.43. The zero-order valence-electron chi connectivity index (χ0n) is 14.4. The van der Waals surface area contributed by atoms with Crippen molar-refractivity contribution in [2.75, 3.05) is 0 Å². The van der Waals surface area contributed by atoms with Gasteiger partial charge < -0.3 is 10.1 Å². The fourth-order valence-electron chi connectivity index (χ4n) is 2.43. The number of ether oxygens (including phenoxy) is 1. The van der Waals surface area contributed by atoms with E-state index in [0.29, 0.717) is 32.7 Å². The van der Waals surface area contributed by atoms with Gasteiger partial charge in [-0.3, -0.25) is 14.9 Å². The molecule has 0 atom stereocenters. The minimum atomic E-state index is -0.485. The second-order valence-electron chi connectivity index (χ2n) is 5.80. The van der Waals surface area contributed by atoms with E-state index in [0.717, 1.165) is 0 Å². The normalized spacial score (nSPS) is 10.4. The third-order valence-electron chi connectivity index (χ3n) is 3.83. The van der Waals surface area contributed by atoms with Crippen LogP contribution in [0, 0.1) is 10.1 Å². The van der Waals surface area contributed by atoms with Crippen LogP contribution < -0.4 is 10.1 Å². The van der Waals surface area contributed by atoms with Crippen LogP contribution in [0.25, 0.3) is 0 Å². The number of nitrogens with zero attached hydrogens (tertiary/aromatic N) is 1. The van der Waals surface area contributed by atoms with Gasteiger partial charge in [-0.15, -0.1) is 0 Å². The van der Waals surface area contributed by atoms with Crippen molar-refractivity contribution in [2.45, 2.75) is 6.54 Å². The van der Waals surface area contributed by atoms with E-state index < -0.39 is 4.92 Å². The Morgan fingerprint density at radius 3 is 2.46 bits per heavy atom. The molecule has 3 rings (SSSR count). The molecule has 142 valence electrons. The van der Waals surface area contributed by atoms with Crippen molar-refractivity contribution in [1.82, 2.24) is 5.32 Å². The average Bonchev–Trinajstić information content (AvgIpc) is 2.69. The number of benzene rings is 3. The van der Waals surface area contributed by atoms with Crippen LogP contribution in [0.15, 0.2) is 66.7 Å². The second kappa shape index (κ2) is 8.73. The number of rotatable bonds is 6. The largest absolute Gasteiger partial charge is 0.457 e. The number of carbonyl (C=O) groups excluding carboxylic acids is 1. The van der Waals surface area contributed by atoms with Gasteiger partial charge in [0, 0.05) is 34.3 Å². The molecular weight excluding hydrogens is 403 g/mol. The summed E-state index contributed by atoms with van der Waals surface area (Å²) in [4.78, 5) is 22.6. The average molecular weight is 417 g/mol. The topological polar surface area (TPSA) is 81.5 Å². The highest BCUT2D eigenvalue weighted by Crippen LogP contribution is 2.25. The fraction of sp³-hybridized carbons (Fsp3) is 0.0500. The van der Waals surface area contributed by atoms with Gasteiger partial charge in [0.15, 0.2) is 0 Å². The Balaban J connectivity index is 1.67. The molecule has 0 aromatic heterocycles. The van der Waals surface area contributed by atoms with E-state index >= 15 is 0 Å². The molecule has 0 fully saturated rings. The molecule has 1 N–H and O–H groups in total. The summed E-state index contributed by atoms with van der Waals surface area (Å²) in [6, 6.07) is 17.3. The van der Waals surface area contributed by atoms with Gasteiger partial charge in [0.1, 0.15) is 11.5 Å². The second-order valence-corrected chi connectivity index (χ2v) is 6.64. The van der Waals surface area contributed by atoms with E-state index in [1.54, 1.807) is 42.5 Å². The van der Waals surface area contributed by atoms with E-state index in [9.17, 15) is 14.9 Å². The predicted octanol–water partition coefficient (Wildman–Crippen LogP) is 5.62. The highest BCUT2D eigenvalue weighted by molar-refractivity contribution is 6.33. The Morgan fingerprint density at radius 2 is 1.75 bits per heavy atom. The molecule has 0 saturated carbocycles. The molecule has 28 heavy (non-hydrogen) atoms. The van der Waals surface area contributed by atoms with Crippen LogP contribution in [-0.2, 0) is 6.54 Å². The van der Waals surface area contributed by atoms with E-state index in [4.69, 9.17) is 27.9 Å². The summed E-state index contributed by atoms with van der Waals surface area (Å²) in [5.74, 6) is 0.557. The van der Waals surface area contributed by atoms with Crippen molar-refractivity contribution < 1.29 is 14.5 Å². The maximum Gasteiger partial charge on any atom is 0.269 e. The maximum atomic E-state index is 12.4. The van der Waals surface area contributed by atoms with Gasteiger partial charge in [0.25, 0.3) is 11.6 Å². The minimum absolute atomic E-state index is 0.0276. The molecule has 3 aromatic carbocycles. The first-order valence-electron chi connectivity index (χ1n) is 8.17. The van der Waals surface area contributed by atoms with Crippen molar-refractivity contribution in [3.05, 3.63) is 98.0 Å². The van der Waals surface area contributed by atoms with Crippen LogP contribution >= 0.6 is 23.2 Å². The van der Waals surface area contributed by atoms with Crippen molar-refractivity contribution in [2.24, 2.45) is 0 Å². The summed E-state index contributed by atoms with van der Waals surface area (Å²) in [5, 5.41) is 14.5. The standard InChI is InChI=1S/C20H14Cl2N2O4/c21-15-4-9-19(22)14(10-15)12-23-20(25)13-2-1-3-18(11-13)28-17-7-5-16(6-8-17)24(26)27/h1-11H,12H2,(H,23,25). The van der Waals surface area contributed by atoms with Gasteiger partial charge in [-0.05, 0) is 54.1 Å². The first-order valence-corrected chi connectivity index (χ1v) is 8.92. The number of amides is 1. The Labute approximate surface area is 170 Å². The van der Waals surface area contributed by atoms with Gasteiger partial charge in [-0.2, -0.15) is 0 Å². The van der Waals surface area contributed by atoms with Crippen LogP contribution in [0.1, 0.15) is 15.9 Å². The smallest absolute Gasteiger partial charge is 0.269 e. The monoisotopic (exact) mass is 416 g/mol. The summed E-state index contributed by atoms with van der Waals surface area (Å²) in [5.41, 5.74) is 1.08. The maximum absolute atomic E-state index is 12.4. The van der Waals surface area contributed by atoms with Crippen molar-refractivity contribution in [3.8, 4) is 11.5 Å². The Bertz CT molecular complexity index is 1020. The molecule has 0 bridgehead atoms. The third kappa shape index (κ3) is 5.00. The number of hydrogen-bond acceptors (Lipinski definition) is 4. The van der Waals surface area contributed by atoms with Crippen LogP contribution in [-0.4, -0.2) is 10.8 Å². The van der Waals surface area contributed by atoms with Crippen LogP contribution in [0.3, 0.4) is 0 Å². The van der Waals surface area contributed by atoms with Crippen LogP contribution in [0.4, 0.5) is 5.69 Å². The van der Waals surface area contributed by atoms with Crippen molar-refractivity contribution in [3.63, 3.8) is 0 Å². The highest BCUT2D eigenvalue weighted by Gasteiger charge is 2.10. The highest BCUT2D eigenvalue weighted by atomic mass is 35.5. The molecule has 3 aromatic rings. The molecule has 0 saturated heterocycles. The number of hydrogen-bond donors (Lipinski definition) is 1. The summed E-state index contributed by atoms with van der Waals surface area (Å²) >= 11 is 12.0. The Morgan fingerprint density at radius 1 is 1.00 bits per heavy atom. The number of halogens is 2. The Hall–Kier alpha value is -3.09. The molecule has 0 unspecified atom stereocenters.